The first kappa shape index (κ1) is 28.3. The highest BCUT2D eigenvalue weighted by Gasteiger charge is 2.37. The molecule has 1 aliphatic heterocycles. The lowest BCUT2D eigenvalue weighted by Gasteiger charge is -2.31. The van der Waals surface area contributed by atoms with Crippen LogP contribution in [0.3, 0.4) is 0 Å². The van der Waals surface area contributed by atoms with Gasteiger partial charge in [-0.2, -0.15) is 0 Å². The van der Waals surface area contributed by atoms with Gasteiger partial charge in [-0.15, -0.1) is 0 Å². The Balaban J connectivity index is 1.32. The van der Waals surface area contributed by atoms with E-state index in [9.17, 15) is 9.59 Å². The topological polar surface area (TPSA) is 46.6 Å². The molecule has 0 N–H and O–H groups in total. The molecule has 0 aliphatic carbocycles. The molecule has 0 aromatic heterocycles. The highest BCUT2D eigenvalue weighted by atomic mass is 16.5. The Hall–Kier alpha value is -5.22. The number of amides is 2. The van der Waals surface area contributed by atoms with Crippen molar-refractivity contribution in [3.63, 3.8) is 0 Å². The number of carbonyl (C=O) groups excluding carboxylic acids is 2. The van der Waals surface area contributed by atoms with Crippen LogP contribution in [0.4, 0.5) is 5.69 Å². The zero-order chi connectivity index (χ0) is 31.9. The molecule has 8 rings (SSSR count). The first-order chi connectivity index (χ1) is 22.2. The smallest absolute Gasteiger partial charge is 0.266 e. The minimum atomic E-state index is -0.266. The largest absolute Gasteiger partial charge is 0.457 e. The Morgan fingerprint density at radius 1 is 0.630 bits per heavy atom. The van der Waals surface area contributed by atoms with E-state index in [1.165, 1.54) is 10.5 Å². The molecule has 4 heteroatoms. The molecule has 226 valence electrons. The molecular weight excluding hydrogens is 566 g/mol. The number of hydrogen-bond acceptors (Lipinski definition) is 3. The molecule has 0 radical (unpaired) electrons. The van der Waals surface area contributed by atoms with Gasteiger partial charge in [-0.25, -0.2) is 4.90 Å². The van der Waals surface area contributed by atoms with Gasteiger partial charge in [-0.1, -0.05) is 94.8 Å². The van der Waals surface area contributed by atoms with Crippen LogP contribution in [0.5, 0.6) is 11.5 Å². The predicted octanol–water partition coefficient (Wildman–Crippen LogP) is 10.9. The van der Waals surface area contributed by atoms with E-state index in [-0.39, 0.29) is 17.2 Å². The second kappa shape index (κ2) is 10.1. The van der Waals surface area contributed by atoms with Crippen molar-refractivity contribution in [3.8, 4) is 11.5 Å². The lowest BCUT2D eigenvalue weighted by molar-refractivity contribution is 0.0893. The van der Waals surface area contributed by atoms with Gasteiger partial charge in [-0.3, -0.25) is 9.59 Å². The summed E-state index contributed by atoms with van der Waals surface area (Å²) in [5.74, 6) is 1.05. The summed E-state index contributed by atoms with van der Waals surface area (Å²) in [6.45, 7) is 10.7. The van der Waals surface area contributed by atoms with Crippen molar-refractivity contribution in [2.75, 3.05) is 4.90 Å². The summed E-state index contributed by atoms with van der Waals surface area (Å²) in [4.78, 5) is 30.0. The summed E-state index contributed by atoms with van der Waals surface area (Å²) in [6, 6.07) is 32.7. The van der Waals surface area contributed by atoms with E-state index < -0.39 is 0 Å². The number of benzene rings is 7. The standard InChI is InChI=1S/C42H35NO3/c1-6-9-25-11-7-10-24(2)39(25)43-40(44)33-20-18-30-28-12-8-13-32-35(46-27-16-14-26(15-17-27)42(3,4)5)23-22-29(36(28)32)31-19-21-34(41(43)45)38(33)37(30)31/h7-8,10-23H,6,9H2,1-5H3. The van der Waals surface area contributed by atoms with Gasteiger partial charge in [0.15, 0.2) is 0 Å². The molecule has 0 atom stereocenters. The molecule has 0 saturated carbocycles. The average molecular weight is 602 g/mol. The first-order valence-electron chi connectivity index (χ1n) is 16.1. The van der Waals surface area contributed by atoms with Crippen molar-refractivity contribution in [3.05, 3.63) is 125 Å². The second-order valence-corrected chi connectivity index (χ2v) is 13.6. The summed E-state index contributed by atoms with van der Waals surface area (Å²) in [6.07, 6.45) is 1.72. The third kappa shape index (κ3) is 4.06. The number of hydrogen-bond donors (Lipinski definition) is 0. The molecule has 0 fully saturated rings. The average Bonchev–Trinajstić information content (AvgIpc) is 3.04. The first-order valence-corrected chi connectivity index (χ1v) is 16.1. The van der Waals surface area contributed by atoms with Crippen molar-refractivity contribution in [2.24, 2.45) is 0 Å². The Bertz CT molecular complexity index is 2310. The van der Waals surface area contributed by atoms with Gasteiger partial charge in [0, 0.05) is 27.3 Å². The van der Waals surface area contributed by atoms with Crippen LogP contribution >= 0.6 is 0 Å². The number of anilines is 1. The number of ether oxygens (including phenoxy) is 1. The fourth-order valence-electron chi connectivity index (χ4n) is 7.42. The molecule has 0 spiro atoms. The van der Waals surface area contributed by atoms with Gasteiger partial charge in [0.1, 0.15) is 11.5 Å². The van der Waals surface area contributed by atoms with Gasteiger partial charge in [0.2, 0.25) is 0 Å². The molecule has 1 heterocycles. The maximum absolute atomic E-state index is 14.3. The third-order valence-corrected chi connectivity index (χ3v) is 9.62. The van der Waals surface area contributed by atoms with Crippen LogP contribution in [0.1, 0.15) is 71.5 Å². The molecule has 4 nitrogen and oxygen atoms in total. The van der Waals surface area contributed by atoms with Gasteiger partial charge < -0.3 is 4.74 Å². The number of carbonyl (C=O) groups is 2. The van der Waals surface area contributed by atoms with Gasteiger partial charge in [0.25, 0.3) is 11.8 Å². The highest BCUT2D eigenvalue weighted by molar-refractivity contribution is 6.42. The summed E-state index contributed by atoms with van der Waals surface area (Å²) < 4.78 is 6.49. The van der Waals surface area contributed by atoms with E-state index in [0.29, 0.717) is 16.8 Å². The number of rotatable bonds is 5. The van der Waals surface area contributed by atoms with Crippen molar-refractivity contribution >= 4 is 60.6 Å². The Morgan fingerprint density at radius 2 is 1.22 bits per heavy atom. The number of imide groups is 1. The minimum Gasteiger partial charge on any atom is -0.457 e. The summed E-state index contributed by atoms with van der Waals surface area (Å²) in [7, 11) is 0. The lowest BCUT2D eigenvalue weighted by atomic mass is 9.84. The number of nitrogens with zero attached hydrogens (tertiary/aromatic N) is 1. The zero-order valence-corrected chi connectivity index (χ0v) is 26.8. The van der Waals surface area contributed by atoms with Gasteiger partial charge >= 0.3 is 0 Å². The van der Waals surface area contributed by atoms with Crippen LogP contribution in [-0.4, -0.2) is 11.8 Å². The Morgan fingerprint density at radius 3 is 1.87 bits per heavy atom. The molecule has 0 unspecified atom stereocenters. The molecule has 46 heavy (non-hydrogen) atoms. The number of fused-ring (bicyclic) bond motifs is 2. The maximum Gasteiger partial charge on any atom is 0.266 e. The molecule has 0 saturated heterocycles. The number of para-hydroxylation sites is 1. The van der Waals surface area contributed by atoms with E-state index in [1.807, 2.05) is 55.5 Å². The second-order valence-electron chi connectivity index (χ2n) is 13.6. The SMILES string of the molecule is CCCc1cccc(C)c1N1C(=O)c2ccc3c4cccc5c(Oc6ccc(C(C)(C)C)cc6)ccc(c6ccc(c2c36)C1=O)c54. The summed E-state index contributed by atoms with van der Waals surface area (Å²) in [5, 5.41) is 8.04. The summed E-state index contributed by atoms with van der Waals surface area (Å²) >= 11 is 0. The highest BCUT2D eigenvalue weighted by Crippen LogP contribution is 2.47. The van der Waals surface area contributed by atoms with Crippen molar-refractivity contribution in [1.29, 1.82) is 0 Å². The van der Waals surface area contributed by atoms with Crippen LogP contribution in [-0.2, 0) is 11.8 Å². The predicted molar refractivity (Wildman–Crippen MR) is 189 cm³/mol. The molecular formula is C42H35NO3. The normalized spacial score (nSPS) is 13.5. The minimum absolute atomic E-state index is 0.0688. The molecule has 1 aliphatic rings. The van der Waals surface area contributed by atoms with Crippen molar-refractivity contribution < 1.29 is 14.3 Å². The van der Waals surface area contributed by atoms with E-state index in [4.69, 9.17) is 4.74 Å². The monoisotopic (exact) mass is 601 g/mol. The molecule has 7 aromatic carbocycles. The summed E-state index contributed by atoms with van der Waals surface area (Å²) in [5.41, 5.74) is 5.11. The molecule has 7 aromatic rings. The van der Waals surface area contributed by atoms with E-state index in [1.54, 1.807) is 0 Å². The van der Waals surface area contributed by atoms with Crippen LogP contribution in [0.2, 0.25) is 0 Å². The Labute approximate surface area is 268 Å². The van der Waals surface area contributed by atoms with E-state index >= 15 is 0 Å². The van der Waals surface area contributed by atoms with Crippen LogP contribution < -0.4 is 9.64 Å². The fourth-order valence-corrected chi connectivity index (χ4v) is 7.42. The maximum atomic E-state index is 14.3. The van der Waals surface area contributed by atoms with Crippen LogP contribution in [0, 0.1) is 6.92 Å². The van der Waals surface area contributed by atoms with Gasteiger partial charge in [-0.05, 0) is 98.8 Å². The third-order valence-electron chi connectivity index (χ3n) is 9.62. The Kier molecular flexibility index (Phi) is 6.24. The van der Waals surface area contributed by atoms with Crippen molar-refractivity contribution in [1.82, 2.24) is 0 Å². The van der Waals surface area contributed by atoms with Crippen LogP contribution in [0.15, 0.2) is 97.1 Å². The fraction of sp³-hybridized carbons (Fsp3) is 0.190. The quantitative estimate of drug-likeness (QED) is 0.112. The van der Waals surface area contributed by atoms with Crippen LogP contribution in [0.25, 0.3) is 43.1 Å². The number of aryl methyl sites for hydroxylation is 2. The van der Waals surface area contributed by atoms with Crippen molar-refractivity contribution in [2.45, 2.75) is 52.9 Å². The van der Waals surface area contributed by atoms with E-state index in [0.717, 1.165) is 78.6 Å². The molecule has 0 bridgehead atoms. The molecule has 2 amide bonds. The zero-order valence-electron chi connectivity index (χ0n) is 26.8. The lowest BCUT2D eigenvalue weighted by Crippen LogP contribution is -2.41. The van der Waals surface area contributed by atoms with E-state index in [2.05, 4.69) is 76.2 Å². The van der Waals surface area contributed by atoms with Gasteiger partial charge in [0.05, 0.1) is 5.69 Å².